The highest BCUT2D eigenvalue weighted by Gasteiger charge is 2.21. The van der Waals surface area contributed by atoms with E-state index < -0.39 is 11.9 Å². The van der Waals surface area contributed by atoms with Gasteiger partial charge in [-0.1, -0.05) is 13.8 Å². The topological polar surface area (TPSA) is 87.5 Å². The van der Waals surface area contributed by atoms with Crippen LogP contribution in [0.5, 0.6) is 0 Å². The molecule has 0 saturated carbocycles. The Morgan fingerprint density at radius 3 is 2.19 bits per heavy atom. The summed E-state index contributed by atoms with van der Waals surface area (Å²) < 4.78 is 0. The summed E-state index contributed by atoms with van der Waals surface area (Å²) in [6, 6.07) is 1.32. The van der Waals surface area contributed by atoms with Gasteiger partial charge in [-0.15, -0.1) is 0 Å². The quantitative estimate of drug-likeness (QED) is 0.809. The van der Waals surface area contributed by atoms with Gasteiger partial charge in [0.05, 0.1) is 16.8 Å². The van der Waals surface area contributed by atoms with Crippen LogP contribution in [0.1, 0.15) is 46.0 Å². The van der Waals surface area contributed by atoms with E-state index in [1.807, 2.05) is 6.92 Å². The van der Waals surface area contributed by atoms with Crippen LogP contribution in [0.3, 0.4) is 0 Å². The predicted molar refractivity (Wildman–Crippen MR) is 56.9 cm³/mol. The van der Waals surface area contributed by atoms with Crippen LogP contribution in [0.15, 0.2) is 6.07 Å². The molecule has 0 aromatic carbocycles. The normalized spacial score (nSPS) is 10.1. The number of pyridine rings is 1. The zero-order valence-corrected chi connectivity index (χ0v) is 9.15. The molecule has 0 atom stereocenters. The third-order valence-electron chi connectivity index (χ3n) is 2.29. The minimum Gasteiger partial charge on any atom is -0.478 e. The largest absolute Gasteiger partial charge is 0.478 e. The van der Waals surface area contributed by atoms with Crippen LogP contribution in [-0.2, 0) is 12.8 Å². The number of carbonyl (C=O) groups is 2. The highest BCUT2D eigenvalue weighted by Crippen LogP contribution is 2.16. The lowest BCUT2D eigenvalue weighted by Gasteiger charge is -2.09. The van der Waals surface area contributed by atoms with Gasteiger partial charge in [0.25, 0.3) is 0 Å². The number of hydrogen-bond donors (Lipinski definition) is 2. The zero-order valence-electron chi connectivity index (χ0n) is 9.15. The molecule has 86 valence electrons. The number of carboxylic acids is 2. The Balaban J connectivity index is 3.53. The van der Waals surface area contributed by atoms with Crippen molar-refractivity contribution < 1.29 is 19.8 Å². The SMILES string of the molecule is CCc1cc(C(=O)O)c(C(=O)O)c(CC)n1. The molecule has 0 aliphatic rings. The molecule has 1 rings (SSSR count). The molecule has 0 aliphatic carbocycles. The molecule has 0 unspecified atom stereocenters. The van der Waals surface area contributed by atoms with Crippen molar-refractivity contribution in [2.75, 3.05) is 0 Å². The summed E-state index contributed by atoms with van der Waals surface area (Å²) in [5, 5.41) is 18.0. The molecule has 1 aromatic rings. The molecule has 0 saturated heterocycles. The lowest BCUT2D eigenvalue weighted by atomic mass is 10.0. The Morgan fingerprint density at radius 2 is 1.81 bits per heavy atom. The van der Waals surface area contributed by atoms with Gasteiger partial charge in [-0.2, -0.15) is 0 Å². The first-order valence-corrected chi connectivity index (χ1v) is 5.00. The summed E-state index contributed by atoms with van der Waals surface area (Å²) in [5.74, 6) is -2.48. The molecular weight excluding hydrogens is 210 g/mol. The van der Waals surface area contributed by atoms with Gasteiger partial charge in [-0.25, -0.2) is 9.59 Å². The van der Waals surface area contributed by atoms with Crippen molar-refractivity contribution in [1.29, 1.82) is 0 Å². The fourth-order valence-electron chi connectivity index (χ4n) is 1.50. The van der Waals surface area contributed by atoms with Gasteiger partial charge < -0.3 is 10.2 Å². The van der Waals surface area contributed by atoms with Gasteiger partial charge in [0.2, 0.25) is 0 Å². The van der Waals surface area contributed by atoms with Gasteiger partial charge in [0.1, 0.15) is 0 Å². The second-order valence-corrected chi connectivity index (χ2v) is 3.30. The van der Waals surface area contributed by atoms with E-state index in [4.69, 9.17) is 10.2 Å². The van der Waals surface area contributed by atoms with E-state index in [1.165, 1.54) is 6.07 Å². The summed E-state index contributed by atoms with van der Waals surface area (Å²) in [6.45, 7) is 3.59. The van der Waals surface area contributed by atoms with Crippen molar-refractivity contribution in [1.82, 2.24) is 4.98 Å². The molecule has 0 aliphatic heterocycles. The Morgan fingerprint density at radius 1 is 1.19 bits per heavy atom. The number of hydrogen-bond acceptors (Lipinski definition) is 3. The van der Waals surface area contributed by atoms with Crippen molar-refractivity contribution in [3.05, 3.63) is 28.6 Å². The summed E-state index contributed by atoms with van der Waals surface area (Å²) in [6.07, 6.45) is 0.975. The number of aromatic nitrogens is 1. The van der Waals surface area contributed by atoms with Crippen LogP contribution in [0.4, 0.5) is 0 Å². The number of nitrogens with zero attached hydrogens (tertiary/aromatic N) is 1. The van der Waals surface area contributed by atoms with Crippen molar-refractivity contribution in [3.63, 3.8) is 0 Å². The predicted octanol–water partition coefficient (Wildman–Crippen LogP) is 1.60. The third kappa shape index (κ3) is 2.18. The van der Waals surface area contributed by atoms with Gasteiger partial charge >= 0.3 is 11.9 Å². The summed E-state index contributed by atoms with van der Waals surface area (Å²) in [7, 11) is 0. The summed E-state index contributed by atoms with van der Waals surface area (Å²) in [4.78, 5) is 26.1. The van der Waals surface area contributed by atoms with Gasteiger partial charge in [-0.3, -0.25) is 4.98 Å². The Bertz CT molecular complexity index is 440. The average Bonchev–Trinajstić information content (AvgIpc) is 2.26. The monoisotopic (exact) mass is 223 g/mol. The van der Waals surface area contributed by atoms with Crippen LogP contribution >= 0.6 is 0 Å². The molecule has 5 heteroatoms. The lowest BCUT2D eigenvalue weighted by Crippen LogP contribution is -2.14. The maximum atomic E-state index is 11.0. The molecule has 1 heterocycles. The zero-order chi connectivity index (χ0) is 12.3. The summed E-state index contributed by atoms with van der Waals surface area (Å²) >= 11 is 0. The van der Waals surface area contributed by atoms with E-state index in [2.05, 4.69) is 4.98 Å². The van der Waals surface area contributed by atoms with Crippen molar-refractivity contribution in [2.45, 2.75) is 26.7 Å². The Hall–Kier alpha value is -1.91. The van der Waals surface area contributed by atoms with E-state index >= 15 is 0 Å². The van der Waals surface area contributed by atoms with Crippen LogP contribution in [0.25, 0.3) is 0 Å². The molecule has 0 radical (unpaired) electrons. The van der Waals surface area contributed by atoms with Gasteiger partial charge in [-0.05, 0) is 18.9 Å². The average molecular weight is 223 g/mol. The van der Waals surface area contributed by atoms with Crippen molar-refractivity contribution >= 4 is 11.9 Å². The standard InChI is InChI=1S/C11H13NO4/c1-3-6-5-7(10(13)14)9(11(15)16)8(4-2)12-6/h5H,3-4H2,1-2H3,(H,13,14)(H,15,16). The number of carboxylic acid groups (broad SMARTS) is 2. The summed E-state index contributed by atoms with van der Waals surface area (Å²) in [5.41, 5.74) is 0.534. The van der Waals surface area contributed by atoms with Crippen LogP contribution in [0, 0.1) is 0 Å². The van der Waals surface area contributed by atoms with E-state index in [1.54, 1.807) is 6.92 Å². The number of aryl methyl sites for hydroxylation is 2. The lowest BCUT2D eigenvalue weighted by molar-refractivity contribution is 0.0649. The molecule has 0 fully saturated rings. The highest BCUT2D eigenvalue weighted by molar-refractivity contribution is 6.02. The minimum atomic E-state index is -1.25. The molecule has 0 spiro atoms. The smallest absolute Gasteiger partial charge is 0.338 e. The molecule has 2 N–H and O–H groups in total. The second-order valence-electron chi connectivity index (χ2n) is 3.30. The van der Waals surface area contributed by atoms with Gasteiger partial charge in [0, 0.05) is 5.69 Å². The van der Waals surface area contributed by atoms with Gasteiger partial charge in [0.15, 0.2) is 0 Å². The highest BCUT2D eigenvalue weighted by atomic mass is 16.4. The molecule has 5 nitrogen and oxygen atoms in total. The third-order valence-corrected chi connectivity index (χ3v) is 2.29. The van der Waals surface area contributed by atoms with E-state index in [9.17, 15) is 9.59 Å². The van der Waals surface area contributed by atoms with E-state index in [0.29, 0.717) is 24.2 Å². The molecule has 0 amide bonds. The second kappa shape index (κ2) is 4.74. The molecule has 0 bridgehead atoms. The minimum absolute atomic E-state index is 0.184. The van der Waals surface area contributed by atoms with E-state index in [0.717, 1.165) is 0 Å². The van der Waals surface area contributed by atoms with Crippen LogP contribution < -0.4 is 0 Å². The Labute approximate surface area is 92.8 Å². The molecule has 1 aromatic heterocycles. The van der Waals surface area contributed by atoms with Crippen LogP contribution in [-0.4, -0.2) is 27.1 Å². The van der Waals surface area contributed by atoms with Crippen molar-refractivity contribution in [2.24, 2.45) is 0 Å². The number of aromatic carboxylic acids is 2. The molecule has 16 heavy (non-hydrogen) atoms. The van der Waals surface area contributed by atoms with E-state index in [-0.39, 0.29) is 11.1 Å². The van der Waals surface area contributed by atoms with Crippen LogP contribution in [0.2, 0.25) is 0 Å². The first-order valence-electron chi connectivity index (χ1n) is 5.00. The number of rotatable bonds is 4. The first-order chi connectivity index (χ1) is 7.51. The Kier molecular flexibility index (Phi) is 3.60. The van der Waals surface area contributed by atoms with Crippen molar-refractivity contribution in [3.8, 4) is 0 Å². The molecular formula is C11H13NO4. The fourth-order valence-corrected chi connectivity index (χ4v) is 1.50. The fraction of sp³-hybridized carbons (Fsp3) is 0.364. The first kappa shape index (κ1) is 12.2. The maximum Gasteiger partial charge on any atom is 0.338 e. The maximum absolute atomic E-state index is 11.0.